The molecule has 0 aromatic heterocycles. The SMILES string of the molecule is CC(C)C1CC(NC2CCCC(O)C2)CCO1. The highest BCUT2D eigenvalue weighted by Crippen LogP contribution is 2.23. The van der Waals surface area contributed by atoms with Crippen LogP contribution in [0.25, 0.3) is 0 Å². The van der Waals surface area contributed by atoms with Crippen molar-refractivity contribution in [3.8, 4) is 0 Å². The van der Waals surface area contributed by atoms with Crippen LogP contribution in [-0.2, 0) is 4.74 Å². The van der Waals surface area contributed by atoms with Crippen LogP contribution in [0.2, 0.25) is 0 Å². The topological polar surface area (TPSA) is 41.5 Å². The molecule has 0 aromatic carbocycles. The van der Waals surface area contributed by atoms with Crippen molar-refractivity contribution < 1.29 is 9.84 Å². The smallest absolute Gasteiger partial charge is 0.0612 e. The van der Waals surface area contributed by atoms with E-state index in [0.717, 1.165) is 38.7 Å². The molecule has 2 aliphatic rings. The molecular formula is C14H27NO2. The van der Waals surface area contributed by atoms with Crippen LogP contribution in [0.4, 0.5) is 0 Å². The molecule has 3 heteroatoms. The van der Waals surface area contributed by atoms with Crippen LogP contribution in [0.1, 0.15) is 52.4 Å². The molecule has 4 atom stereocenters. The van der Waals surface area contributed by atoms with E-state index in [9.17, 15) is 5.11 Å². The van der Waals surface area contributed by atoms with Crippen molar-refractivity contribution in [2.45, 2.75) is 76.7 Å². The van der Waals surface area contributed by atoms with Crippen molar-refractivity contribution in [1.82, 2.24) is 5.32 Å². The van der Waals surface area contributed by atoms with Crippen molar-refractivity contribution in [3.05, 3.63) is 0 Å². The zero-order chi connectivity index (χ0) is 12.3. The van der Waals surface area contributed by atoms with E-state index in [1.54, 1.807) is 0 Å². The molecule has 2 fully saturated rings. The first-order valence-electron chi connectivity index (χ1n) is 7.21. The Balaban J connectivity index is 1.78. The van der Waals surface area contributed by atoms with Crippen molar-refractivity contribution >= 4 is 0 Å². The third kappa shape index (κ3) is 3.94. The molecule has 1 aliphatic heterocycles. The summed E-state index contributed by atoms with van der Waals surface area (Å²) in [5, 5.41) is 13.4. The average molecular weight is 241 g/mol. The van der Waals surface area contributed by atoms with Gasteiger partial charge in [-0.15, -0.1) is 0 Å². The summed E-state index contributed by atoms with van der Waals surface area (Å²) >= 11 is 0. The van der Waals surface area contributed by atoms with E-state index in [1.807, 2.05) is 0 Å². The Hall–Kier alpha value is -0.120. The number of aliphatic hydroxyl groups excluding tert-OH is 1. The van der Waals surface area contributed by atoms with Gasteiger partial charge in [-0.3, -0.25) is 0 Å². The lowest BCUT2D eigenvalue weighted by atomic mass is 9.90. The van der Waals surface area contributed by atoms with Crippen molar-refractivity contribution in [3.63, 3.8) is 0 Å². The Morgan fingerprint density at radius 3 is 2.59 bits per heavy atom. The predicted molar refractivity (Wildman–Crippen MR) is 69.0 cm³/mol. The zero-order valence-electron chi connectivity index (χ0n) is 11.2. The standard InChI is InChI=1S/C14H27NO2/c1-10(2)14-9-12(6-7-17-14)15-11-4-3-5-13(16)8-11/h10-16H,3-9H2,1-2H3. The molecule has 100 valence electrons. The highest BCUT2D eigenvalue weighted by atomic mass is 16.5. The third-order valence-corrected chi connectivity index (χ3v) is 4.18. The Morgan fingerprint density at radius 1 is 1.12 bits per heavy atom. The molecule has 1 heterocycles. The van der Waals surface area contributed by atoms with E-state index < -0.39 is 0 Å². The Morgan fingerprint density at radius 2 is 1.88 bits per heavy atom. The summed E-state index contributed by atoms with van der Waals surface area (Å²) in [6.45, 7) is 5.35. The zero-order valence-corrected chi connectivity index (χ0v) is 11.2. The van der Waals surface area contributed by atoms with E-state index in [2.05, 4.69) is 19.2 Å². The largest absolute Gasteiger partial charge is 0.393 e. The number of ether oxygens (including phenoxy) is 1. The fraction of sp³-hybridized carbons (Fsp3) is 1.00. The van der Waals surface area contributed by atoms with Gasteiger partial charge in [0, 0.05) is 18.7 Å². The summed E-state index contributed by atoms with van der Waals surface area (Å²) in [5.74, 6) is 0.608. The van der Waals surface area contributed by atoms with E-state index in [1.165, 1.54) is 6.42 Å². The predicted octanol–water partition coefficient (Wildman–Crippen LogP) is 2.08. The summed E-state index contributed by atoms with van der Waals surface area (Å²) in [7, 11) is 0. The van der Waals surface area contributed by atoms with Crippen LogP contribution >= 0.6 is 0 Å². The van der Waals surface area contributed by atoms with Crippen molar-refractivity contribution in [2.75, 3.05) is 6.61 Å². The van der Waals surface area contributed by atoms with E-state index in [4.69, 9.17) is 4.74 Å². The number of aliphatic hydroxyl groups is 1. The molecule has 1 saturated carbocycles. The van der Waals surface area contributed by atoms with Crippen molar-refractivity contribution in [2.24, 2.45) is 5.92 Å². The normalized spacial score (nSPS) is 39.5. The second-order valence-electron chi connectivity index (χ2n) is 6.06. The summed E-state index contributed by atoms with van der Waals surface area (Å²) in [5.41, 5.74) is 0. The van der Waals surface area contributed by atoms with Gasteiger partial charge < -0.3 is 15.2 Å². The quantitative estimate of drug-likeness (QED) is 0.795. The molecule has 0 bridgehead atoms. The number of hydrogen-bond donors (Lipinski definition) is 2. The highest BCUT2D eigenvalue weighted by molar-refractivity contribution is 4.84. The summed E-state index contributed by atoms with van der Waals surface area (Å²) < 4.78 is 5.79. The Kier molecular flexibility index (Phi) is 4.83. The van der Waals surface area contributed by atoms with Gasteiger partial charge in [-0.25, -0.2) is 0 Å². The first-order chi connectivity index (χ1) is 8.15. The van der Waals surface area contributed by atoms with Gasteiger partial charge in [0.15, 0.2) is 0 Å². The number of nitrogens with one attached hydrogen (secondary N) is 1. The molecule has 1 aliphatic carbocycles. The van der Waals surface area contributed by atoms with Crippen LogP contribution in [0, 0.1) is 5.92 Å². The van der Waals surface area contributed by atoms with Gasteiger partial charge in [-0.05, 0) is 44.4 Å². The Bertz CT molecular complexity index is 232. The maximum Gasteiger partial charge on any atom is 0.0612 e. The minimum absolute atomic E-state index is 0.0815. The van der Waals surface area contributed by atoms with Gasteiger partial charge in [-0.1, -0.05) is 13.8 Å². The Labute approximate surface area is 105 Å². The monoisotopic (exact) mass is 241 g/mol. The molecule has 0 spiro atoms. The molecule has 2 rings (SSSR count). The second kappa shape index (κ2) is 6.17. The first kappa shape index (κ1) is 13.3. The molecule has 0 radical (unpaired) electrons. The van der Waals surface area contributed by atoms with Crippen LogP contribution in [0.3, 0.4) is 0 Å². The van der Waals surface area contributed by atoms with Gasteiger partial charge in [0.05, 0.1) is 12.2 Å². The maximum absolute atomic E-state index is 9.68. The van der Waals surface area contributed by atoms with E-state index in [-0.39, 0.29) is 6.10 Å². The van der Waals surface area contributed by atoms with E-state index in [0.29, 0.717) is 24.1 Å². The highest BCUT2D eigenvalue weighted by Gasteiger charge is 2.28. The lowest BCUT2D eigenvalue weighted by Gasteiger charge is -2.36. The van der Waals surface area contributed by atoms with Crippen LogP contribution in [-0.4, -0.2) is 36.0 Å². The summed E-state index contributed by atoms with van der Waals surface area (Å²) in [6.07, 6.45) is 6.89. The van der Waals surface area contributed by atoms with Crippen LogP contribution < -0.4 is 5.32 Å². The molecule has 3 nitrogen and oxygen atoms in total. The van der Waals surface area contributed by atoms with E-state index >= 15 is 0 Å². The average Bonchev–Trinajstić information content (AvgIpc) is 2.29. The summed E-state index contributed by atoms with van der Waals surface area (Å²) in [4.78, 5) is 0. The van der Waals surface area contributed by atoms with Gasteiger partial charge in [0.2, 0.25) is 0 Å². The number of rotatable bonds is 3. The van der Waals surface area contributed by atoms with Crippen molar-refractivity contribution in [1.29, 1.82) is 0 Å². The number of hydrogen-bond acceptors (Lipinski definition) is 3. The first-order valence-corrected chi connectivity index (χ1v) is 7.21. The third-order valence-electron chi connectivity index (χ3n) is 4.18. The molecule has 4 unspecified atom stereocenters. The minimum Gasteiger partial charge on any atom is -0.393 e. The molecule has 0 amide bonds. The lowest BCUT2D eigenvalue weighted by molar-refractivity contribution is -0.0278. The lowest BCUT2D eigenvalue weighted by Crippen LogP contribution is -2.47. The minimum atomic E-state index is -0.0815. The van der Waals surface area contributed by atoms with Gasteiger partial charge in [-0.2, -0.15) is 0 Å². The van der Waals surface area contributed by atoms with Crippen LogP contribution in [0.15, 0.2) is 0 Å². The van der Waals surface area contributed by atoms with Gasteiger partial charge in [0.25, 0.3) is 0 Å². The fourth-order valence-corrected chi connectivity index (χ4v) is 3.09. The second-order valence-corrected chi connectivity index (χ2v) is 6.06. The fourth-order valence-electron chi connectivity index (χ4n) is 3.09. The molecule has 0 aromatic rings. The van der Waals surface area contributed by atoms with Gasteiger partial charge in [0.1, 0.15) is 0 Å². The van der Waals surface area contributed by atoms with Gasteiger partial charge >= 0.3 is 0 Å². The molecular weight excluding hydrogens is 214 g/mol. The molecule has 2 N–H and O–H groups in total. The van der Waals surface area contributed by atoms with Crippen LogP contribution in [0.5, 0.6) is 0 Å². The molecule has 17 heavy (non-hydrogen) atoms. The maximum atomic E-state index is 9.68. The summed E-state index contributed by atoms with van der Waals surface area (Å²) in [6, 6.07) is 1.11. The molecule has 1 saturated heterocycles.